The van der Waals surface area contributed by atoms with Crippen molar-refractivity contribution < 1.29 is 5.11 Å². The maximum absolute atomic E-state index is 10.2. The van der Waals surface area contributed by atoms with Gasteiger partial charge in [-0.15, -0.1) is 4.91 Å². The van der Waals surface area contributed by atoms with Crippen LogP contribution in [0.2, 0.25) is 0 Å². The number of rotatable bonds is 2. The number of benzene rings is 1. The number of hydrogen-bond donors (Lipinski definition) is 1. The molecule has 0 aliphatic rings. The molecule has 4 heteroatoms. The van der Waals surface area contributed by atoms with Gasteiger partial charge in [0.2, 0.25) is 0 Å². The van der Waals surface area contributed by atoms with Crippen molar-refractivity contribution in [2.24, 2.45) is 5.18 Å². The number of phenolic OH excluding ortho intramolecular Hbond substituents is 1. The summed E-state index contributed by atoms with van der Waals surface area (Å²) in [7, 11) is 3.70. The van der Waals surface area contributed by atoms with Gasteiger partial charge in [-0.1, -0.05) is 0 Å². The van der Waals surface area contributed by atoms with Crippen molar-refractivity contribution in [2.45, 2.75) is 0 Å². The molecule has 0 fully saturated rings. The van der Waals surface area contributed by atoms with E-state index >= 15 is 0 Å². The molecule has 4 nitrogen and oxygen atoms in total. The highest BCUT2D eigenvalue weighted by Gasteiger charge is 2.03. The zero-order chi connectivity index (χ0) is 9.14. The highest BCUT2D eigenvalue weighted by molar-refractivity contribution is 5.61. The SMILES string of the molecule is CN(C)c1ccc(O)c(N=O)c1. The summed E-state index contributed by atoms with van der Waals surface area (Å²) in [6.45, 7) is 0. The monoisotopic (exact) mass is 166 g/mol. The zero-order valence-electron chi connectivity index (χ0n) is 6.98. The summed E-state index contributed by atoms with van der Waals surface area (Å²) in [6, 6.07) is 4.69. The second kappa shape index (κ2) is 3.21. The van der Waals surface area contributed by atoms with E-state index in [0.29, 0.717) is 0 Å². The van der Waals surface area contributed by atoms with Crippen molar-refractivity contribution >= 4 is 11.4 Å². The molecule has 0 saturated heterocycles. The number of phenols is 1. The van der Waals surface area contributed by atoms with E-state index in [2.05, 4.69) is 5.18 Å². The number of nitrogens with zero attached hydrogens (tertiary/aromatic N) is 2. The lowest BCUT2D eigenvalue weighted by Crippen LogP contribution is -2.07. The molecule has 0 radical (unpaired) electrons. The van der Waals surface area contributed by atoms with Crippen LogP contribution in [0.15, 0.2) is 23.4 Å². The van der Waals surface area contributed by atoms with Crippen molar-refractivity contribution in [3.8, 4) is 5.75 Å². The maximum atomic E-state index is 10.2. The lowest BCUT2D eigenvalue weighted by molar-refractivity contribution is 0.477. The topological polar surface area (TPSA) is 52.9 Å². The van der Waals surface area contributed by atoms with Gasteiger partial charge in [0.15, 0.2) is 5.69 Å². The lowest BCUT2D eigenvalue weighted by Gasteiger charge is -2.12. The van der Waals surface area contributed by atoms with E-state index in [4.69, 9.17) is 5.11 Å². The van der Waals surface area contributed by atoms with Gasteiger partial charge in [0.1, 0.15) is 5.75 Å². The molecule has 0 amide bonds. The largest absolute Gasteiger partial charge is 0.506 e. The van der Waals surface area contributed by atoms with Crippen LogP contribution in [0, 0.1) is 4.91 Å². The van der Waals surface area contributed by atoms with Crippen LogP contribution in [0.3, 0.4) is 0 Å². The quantitative estimate of drug-likeness (QED) is 0.682. The molecular formula is C8H10N2O2. The molecule has 0 saturated carbocycles. The summed E-state index contributed by atoms with van der Waals surface area (Å²) in [4.78, 5) is 12.0. The molecule has 0 aliphatic heterocycles. The number of nitroso groups, excluding NO2 is 1. The fraction of sp³-hybridized carbons (Fsp3) is 0.250. The van der Waals surface area contributed by atoms with E-state index in [-0.39, 0.29) is 11.4 Å². The van der Waals surface area contributed by atoms with Crippen LogP contribution in [0.25, 0.3) is 0 Å². The molecule has 1 rings (SSSR count). The molecule has 0 unspecified atom stereocenters. The molecule has 64 valence electrons. The molecule has 0 heterocycles. The molecule has 0 bridgehead atoms. The fourth-order valence-corrected chi connectivity index (χ4v) is 0.863. The third kappa shape index (κ3) is 1.53. The van der Waals surface area contributed by atoms with Gasteiger partial charge in [0.25, 0.3) is 0 Å². The Morgan fingerprint density at radius 1 is 1.42 bits per heavy atom. The Kier molecular flexibility index (Phi) is 2.28. The minimum atomic E-state index is -0.0874. The van der Waals surface area contributed by atoms with Gasteiger partial charge in [-0.05, 0) is 23.4 Å². The molecule has 0 atom stereocenters. The highest BCUT2D eigenvalue weighted by atomic mass is 16.3. The summed E-state index contributed by atoms with van der Waals surface area (Å²) in [5.74, 6) is -0.0874. The van der Waals surface area contributed by atoms with E-state index < -0.39 is 0 Å². The second-order valence-corrected chi connectivity index (χ2v) is 2.66. The Morgan fingerprint density at radius 2 is 2.08 bits per heavy atom. The first-order valence-electron chi connectivity index (χ1n) is 3.49. The van der Waals surface area contributed by atoms with Crippen LogP contribution in [0.5, 0.6) is 5.75 Å². The predicted octanol–water partition coefficient (Wildman–Crippen LogP) is 1.86. The normalized spacial score (nSPS) is 9.50. The van der Waals surface area contributed by atoms with E-state index in [9.17, 15) is 4.91 Å². The number of hydrogen-bond acceptors (Lipinski definition) is 4. The Morgan fingerprint density at radius 3 is 2.58 bits per heavy atom. The molecule has 0 spiro atoms. The van der Waals surface area contributed by atoms with Crippen molar-refractivity contribution in [2.75, 3.05) is 19.0 Å². The van der Waals surface area contributed by atoms with Crippen LogP contribution in [-0.4, -0.2) is 19.2 Å². The predicted molar refractivity (Wildman–Crippen MR) is 47.9 cm³/mol. The highest BCUT2D eigenvalue weighted by Crippen LogP contribution is 2.29. The summed E-state index contributed by atoms with van der Waals surface area (Å²) in [6.07, 6.45) is 0. The lowest BCUT2D eigenvalue weighted by atomic mass is 10.2. The van der Waals surface area contributed by atoms with Crippen LogP contribution >= 0.6 is 0 Å². The van der Waals surface area contributed by atoms with Crippen LogP contribution in [0.4, 0.5) is 11.4 Å². The minimum Gasteiger partial charge on any atom is -0.506 e. The standard InChI is InChI=1S/C8H10N2O2/c1-10(2)6-3-4-8(11)7(5-6)9-12/h3-5,11H,1-2H3. The Balaban J connectivity index is 3.13. The van der Waals surface area contributed by atoms with Crippen LogP contribution < -0.4 is 4.90 Å². The van der Waals surface area contributed by atoms with Gasteiger partial charge < -0.3 is 10.0 Å². The van der Waals surface area contributed by atoms with Crippen molar-refractivity contribution in [1.82, 2.24) is 0 Å². The average molecular weight is 166 g/mol. The van der Waals surface area contributed by atoms with Crippen LogP contribution in [-0.2, 0) is 0 Å². The average Bonchev–Trinajstić information content (AvgIpc) is 2.05. The van der Waals surface area contributed by atoms with Crippen molar-refractivity contribution in [1.29, 1.82) is 0 Å². The first kappa shape index (κ1) is 8.52. The Bertz CT molecular complexity index is 297. The van der Waals surface area contributed by atoms with E-state index in [1.807, 2.05) is 19.0 Å². The van der Waals surface area contributed by atoms with Crippen molar-refractivity contribution in [3.63, 3.8) is 0 Å². The molecule has 0 aliphatic carbocycles. The molecular weight excluding hydrogens is 156 g/mol. The maximum Gasteiger partial charge on any atom is 0.151 e. The number of aromatic hydroxyl groups is 1. The minimum absolute atomic E-state index is 0.0706. The molecule has 1 N–H and O–H groups in total. The van der Waals surface area contributed by atoms with E-state index in [1.54, 1.807) is 6.07 Å². The summed E-state index contributed by atoms with van der Waals surface area (Å²) < 4.78 is 0. The third-order valence-corrected chi connectivity index (χ3v) is 1.57. The summed E-state index contributed by atoms with van der Waals surface area (Å²) >= 11 is 0. The summed E-state index contributed by atoms with van der Waals surface area (Å²) in [5, 5.41) is 11.8. The molecule has 0 aromatic heterocycles. The van der Waals surface area contributed by atoms with Gasteiger partial charge >= 0.3 is 0 Å². The van der Waals surface area contributed by atoms with Gasteiger partial charge in [-0.25, -0.2) is 0 Å². The zero-order valence-corrected chi connectivity index (χ0v) is 6.98. The first-order chi connectivity index (χ1) is 5.65. The molecule has 1 aromatic rings. The fourth-order valence-electron chi connectivity index (χ4n) is 0.863. The van der Waals surface area contributed by atoms with Gasteiger partial charge in [-0.2, -0.15) is 0 Å². The summed E-state index contributed by atoms with van der Waals surface area (Å²) in [5.41, 5.74) is 0.906. The van der Waals surface area contributed by atoms with E-state index in [1.165, 1.54) is 12.1 Å². The molecule has 1 aromatic carbocycles. The van der Waals surface area contributed by atoms with Gasteiger partial charge in [0, 0.05) is 19.8 Å². The second-order valence-electron chi connectivity index (χ2n) is 2.66. The smallest absolute Gasteiger partial charge is 0.151 e. The Labute approximate surface area is 70.4 Å². The van der Waals surface area contributed by atoms with E-state index in [0.717, 1.165) is 5.69 Å². The first-order valence-corrected chi connectivity index (χ1v) is 3.49. The van der Waals surface area contributed by atoms with Gasteiger partial charge in [-0.3, -0.25) is 0 Å². The third-order valence-electron chi connectivity index (χ3n) is 1.57. The number of anilines is 1. The molecule has 12 heavy (non-hydrogen) atoms. The van der Waals surface area contributed by atoms with Gasteiger partial charge in [0.05, 0.1) is 0 Å². The Hall–Kier alpha value is -1.58. The van der Waals surface area contributed by atoms with Crippen LogP contribution in [0.1, 0.15) is 0 Å². The van der Waals surface area contributed by atoms with Crippen molar-refractivity contribution in [3.05, 3.63) is 23.1 Å².